The molecule has 0 aromatic carbocycles. The van der Waals surface area contributed by atoms with Crippen molar-refractivity contribution >= 4 is 11.9 Å². The number of aliphatic hydroxyl groups excluding tert-OH is 2. The van der Waals surface area contributed by atoms with Gasteiger partial charge in [-0.15, -0.1) is 0 Å². The highest BCUT2D eigenvalue weighted by Gasteiger charge is 2.18. The molecule has 0 aliphatic rings. The number of esters is 1. The second-order valence-corrected chi connectivity index (χ2v) is 20.7. The average molecular weight is 969 g/mol. The molecule has 404 valence electrons. The van der Waals surface area contributed by atoms with E-state index in [9.17, 15) is 19.8 Å². The third kappa shape index (κ3) is 55.0. The number of carbonyl (C=O) groups excluding carboxylic acids is 2. The monoisotopic (exact) mass is 968 g/mol. The standard InChI is InChI=1S/C63H117NO5/c1-3-5-7-9-11-13-15-17-18-19-20-22-25-28-32-35-39-43-47-51-55-61(66)60(59-65)64-62(67)56-52-48-44-40-36-33-29-26-23-21-24-27-30-34-38-42-46-50-54-58-69-63(68)57-53-49-45-41-37-31-16-14-12-10-8-6-4-2/h8,10,14,16,21,23,51,55,60-61,65-66H,3-7,9,11-13,15,17-20,22,24-50,52-54,56-59H2,1-2H3,(H,64,67)/b10-8-,16-14-,23-21-,55-51+. The van der Waals surface area contributed by atoms with Gasteiger partial charge in [-0.2, -0.15) is 0 Å². The van der Waals surface area contributed by atoms with E-state index in [1.54, 1.807) is 6.08 Å². The van der Waals surface area contributed by atoms with Crippen LogP contribution in [0.15, 0.2) is 48.6 Å². The molecule has 0 aliphatic heterocycles. The second kappa shape index (κ2) is 58.4. The van der Waals surface area contributed by atoms with Crippen LogP contribution in [-0.4, -0.2) is 47.4 Å². The van der Waals surface area contributed by atoms with Gasteiger partial charge in [0.05, 0.1) is 25.4 Å². The lowest BCUT2D eigenvalue weighted by Gasteiger charge is -2.20. The van der Waals surface area contributed by atoms with Crippen molar-refractivity contribution in [2.24, 2.45) is 0 Å². The van der Waals surface area contributed by atoms with Crippen molar-refractivity contribution in [1.29, 1.82) is 0 Å². The Kier molecular flexibility index (Phi) is 56.5. The van der Waals surface area contributed by atoms with Gasteiger partial charge in [0, 0.05) is 12.8 Å². The molecule has 0 aliphatic carbocycles. The molecule has 3 N–H and O–H groups in total. The van der Waals surface area contributed by atoms with E-state index in [0.29, 0.717) is 19.4 Å². The van der Waals surface area contributed by atoms with Crippen LogP contribution in [-0.2, 0) is 14.3 Å². The van der Waals surface area contributed by atoms with Gasteiger partial charge < -0.3 is 20.3 Å². The van der Waals surface area contributed by atoms with Crippen LogP contribution in [0.4, 0.5) is 0 Å². The number of nitrogens with one attached hydrogen (secondary N) is 1. The maximum Gasteiger partial charge on any atom is 0.305 e. The molecule has 0 saturated carbocycles. The number of ether oxygens (including phenoxy) is 1. The summed E-state index contributed by atoms with van der Waals surface area (Å²) in [6, 6.07) is -0.637. The third-order valence-corrected chi connectivity index (χ3v) is 13.8. The predicted molar refractivity (Wildman–Crippen MR) is 301 cm³/mol. The quantitative estimate of drug-likeness (QED) is 0.0321. The number of carbonyl (C=O) groups is 2. The minimum Gasteiger partial charge on any atom is -0.466 e. The number of allylic oxidation sites excluding steroid dienone is 7. The zero-order valence-electron chi connectivity index (χ0n) is 46.0. The van der Waals surface area contributed by atoms with E-state index in [1.165, 1.54) is 225 Å². The number of amides is 1. The number of hydrogen-bond donors (Lipinski definition) is 3. The van der Waals surface area contributed by atoms with Gasteiger partial charge in [0.1, 0.15) is 0 Å². The second-order valence-electron chi connectivity index (χ2n) is 20.7. The van der Waals surface area contributed by atoms with Gasteiger partial charge in [-0.1, -0.05) is 268 Å². The smallest absolute Gasteiger partial charge is 0.305 e. The maximum atomic E-state index is 12.5. The van der Waals surface area contributed by atoms with Gasteiger partial charge in [-0.05, 0) is 83.5 Å². The molecule has 0 spiro atoms. The molecule has 6 heteroatoms. The predicted octanol–water partition coefficient (Wildman–Crippen LogP) is 19.0. The summed E-state index contributed by atoms with van der Waals surface area (Å²) >= 11 is 0. The molecule has 2 unspecified atom stereocenters. The van der Waals surface area contributed by atoms with Crippen LogP contribution in [0.2, 0.25) is 0 Å². The Balaban J connectivity index is 3.49. The van der Waals surface area contributed by atoms with Crippen molar-refractivity contribution in [3.8, 4) is 0 Å². The summed E-state index contributed by atoms with van der Waals surface area (Å²) in [7, 11) is 0. The fourth-order valence-electron chi connectivity index (χ4n) is 9.14. The Bertz CT molecular complexity index is 1160. The molecule has 0 bridgehead atoms. The van der Waals surface area contributed by atoms with Gasteiger partial charge in [0.2, 0.25) is 5.91 Å². The zero-order valence-corrected chi connectivity index (χ0v) is 46.0. The molecular formula is C63H117NO5. The molecule has 0 saturated heterocycles. The van der Waals surface area contributed by atoms with Crippen LogP contribution in [0.25, 0.3) is 0 Å². The molecule has 0 rings (SSSR count). The van der Waals surface area contributed by atoms with Crippen LogP contribution >= 0.6 is 0 Å². The lowest BCUT2D eigenvalue weighted by Crippen LogP contribution is -2.45. The van der Waals surface area contributed by atoms with E-state index < -0.39 is 12.1 Å². The van der Waals surface area contributed by atoms with Crippen LogP contribution < -0.4 is 5.32 Å². The van der Waals surface area contributed by atoms with E-state index in [2.05, 4.69) is 55.6 Å². The van der Waals surface area contributed by atoms with Crippen molar-refractivity contribution in [3.63, 3.8) is 0 Å². The maximum absolute atomic E-state index is 12.5. The fourth-order valence-corrected chi connectivity index (χ4v) is 9.14. The zero-order chi connectivity index (χ0) is 50.0. The fraction of sp³-hybridized carbons (Fsp3) is 0.841. The minimum absolute atomic E-state index is 0.0124. The summed E-state index contributed by atoms with van der Waals surface area (Å²) in [5.41, 5.74) is 0. The number of aliphatic hydroxyl groups is 2. The van der Waals surface area contributed by atoms with Gasteiger partial charge in [-0.3, -0.25) is 9.59 Å². The Morgan fingerprint density at radius 1 is 0.406 bits per heavy atom. The van der Waals surface area contributed by atoms with Gasteiger partial charge >= 0.3 is 5.97 Å². The normalized spacial score (nSPS) is 12.9. The minimum atomic E-state index is -0.852. The summed E-state index contributed by atoms with van der Waals surface area (Å²) < 4.78 is 5.46. The first-order chi connectivity index (χ1) is 34.0. The van der Waals surface area contributed by atoms with Crippen molar-refractivity contribution in [3.05, 3.63) is 48.6 Å². The number of unbranched alkanes of at least 4 members (excludes halogenated alkanes) is 39. The van der Waals surface area contributed by atoms with E-state index in [-0.39, 0.29) is 18.5 Å². The Morgan fingerprint density at radius 3 is 1.17 bits per heavy atom. The molecular weight excluding hydrogens is 851 g/mol. The molecule has 0 aromatic rings. The van der Waals surface area contributed by atoms with Crippen LogP contribution in [0.1, 0.15) is 316 Å². The first-order valence-corrected chi connectivity index (χ1v) is 30.4. The van der Waals surface area contributed by atoms with Gasteiger partial charge in [0.15, 0.2) is 0 Å². The molecule has 0 fully saturated rings. The number of hydrogen-bond acceptors (Lipinski definition) is 5. The van der Waals surface area contributed by atoms with Crippen LogP contribution in [0, 0.1) is 0 Å². The molecule has 0 aromatic heterocycles. The molecule has 1 amide bonds. The average Bonchev–Trinajstić information content (AvgIpc) is 3.35. The highest BCUT2D eigenvalue weighted by atomic mass is 16.5. The van der Waals surface area contributed by atoms with Gasteiger partial charge in [0.25, 0.3) is 0 Å². The Morgan fingerprint density at radius 2 is 0.754 bits per heavy atom. The topological polar surface area (TPSA) is 95.9 Å². The lowest BCUT2D eigenvalue weighted by atomic mass is 10.0. The van der Waals surface area contributed by atoms with E-state index >= 15 is 0 Å². The highest BCUT2D eigenvalue weighted by molar-refractivity contribution is 5.76. The first-order valence-electron chi connectivity index (χ1n) is 30.4. The van der Waals surface area contributed by atoms with Crippen molar-refractivity contribution in [1.82, 2.24) is 5.32 Å². The Labute approximate surface area is 429 Å². The summed E-state index contributed by atoms with van der Waals surface area (Å²) in [5.74, 6) is -0.0889. The molecule has 6 nitrogen and oxygen atoms in total. The van der Waals surface area contributed by atoms with Crippen LogP contribution in [0.3, 0.4) is 0 Å². The van der Waals surface area contributed by atoms with Crippen molar-refractivity contribution in [2.75, 3.05) is 13.2 Å². The largest absolute Gasteiger partial charge is 0.466 e. The van der Waals surface area contributed by atoms with Crippen molar-refractivity contribution < 1.29 is 24.5 Å². The third-order valence-electron chi connectivity index (χ3n) is 13.8. The SMILES string of the molecule is CCC/C=C\C/C=C\CCCCCCCC(=O)OCCCCCCCCCC/C=C\CCCCCCCCCC(=O)NC(CO)C(O)/C=C/CCCCCCCCCCCCCCCCCCCC. The summed E-state index contributed by atoms with van der Waals surface area (Å²) in [4.78, 5) is 24.5. The molecule has 0 heterocycles. The molecule has 0 radical (unpaired) electrons. The van der Waals surface area contributed by atoms with Crippen molar-refractivity contribution in [2.45, 2.75) is 328 Å². The van der Waals surface area contributed by atoms with E-state index in [1.807, 2.05) is 6.08 Å². The Hall–Kier alpha value is -2.18. The summed E-state index contributed by atoms with van der Waals surface area (Å²) in [6.45, 7) is 4.83. The summed E-state index contributed by atoms with van der Waals surface area (Å²) in [6.07, 6.45) is 74.3. The highest BCUT2D eigenvalue weighted by Crippen LogP contribution is 2.17. The number of rotatable bonds is 56. The van der Waals surface area contributed by atoms with Gasteiger partial charge in [-0.25, -0.2) is 0 Å². The molecule has 2 atom stereocenters. The first kappa shape index (κ1) is 66.8. The summed E-state index contributed by atoms with van der Waals surface area (Å²) in [5, 5.41) is 23.2. The van der Waals surface area contributed by atoms with Crippen LogP contribution in [0.5, 0.6) is 0 Å². The lowest BCUT2D eigenvalue weighted by molar-refractivity contribution is -0.143. The van der Waals surface area contributed by atoms with E-state index in [0.717, 1.165) is 64.2 Å². The van der Waals surface area contributed by atoms with E-state index in [4.69, 9.17) is 4.74 Å². The molecule has 69 heavy (non-hydrogen) atoms.